The summed E-state index contributed by atoms with van der Waals surface area (Å²) in [6, 6.07) is 7.83. The predicted octanol–water partition coefficient (Wildman–Crippen LogP) is 2.12. The van der Waals surface area contributed by atoms with E-state index < -0.39 is 0 Å². The van der Waals surface area contributed by atoms with Crippen molar-refractivity contribution >= 4 is 23.1 Å². The molecule has 0 bridgehead atoms. The lowest BCUT2D eigenvalue weighted by molar-refractivity contribution is 0.249. The van der Waals surface area contributed by atoms with Crippen LogP contribution in [0.1, 0.15) is 10.6 Å². The Labute approximate surface area is 118 Å². The fourth-order valence-electron chi connectivity index (χ4n) is 1.91. The first kappa shape index (κ1) is 11.2. The summed E-state index contributed by atoms with van der Waals surface area (Å²) in [7, 11) is 0. The monoisotopic (exact) mass is 283 g/mol. The molecular formula is C13H9N5OS. The summed E-state index contributed by atoms with van der Waals surface area (Å²) in [6.07, 6.45) is 6.92. The van der Waals surface area contributed by atoms with Gasteiger partial charge >= 0.3 is 0 Å². The van der Waals surface area contributed by atoms with Gasteiger partial charge in [-0.2, -0.15) is 5.10 Å². The average molecular weight is 283 g/mol. The number of rotatable bonds is 2. The van der Waals surface area contributed by atoms with E-state index in [9.17, 15) is 0 Å². The summed E-state index contributed by atoms with van der Waals surface area (Å²) in [6.45, 7) is 0. The zero-order valence-electron chi connectivity index (χ0n) is 10.2. The Hall–Kier alpha value is -2.67. The van der Waals surface area contributed by atoms with Crippen LogP contribution in [0.15, 0.2) is 43.1 Å². The van der Waals surface area contributed by atoms with E-state index in [1.807, 2.05) is 30.3 Å². The second-order valence-corrected chi connectivity index (χ2v) is 5.15. The highest BCUT2D eigenvalue weighted by molar-refractivity contribution is 7.15. The summed E-state index contributed by atoms with van der Waals surface area (Å²) in [4.78, 5) is 13.8. The van der Waals surface area contributed by atoms with Gasteiger partial charge in [0.1, 0.15) is 28.4 Å². The zero-order chi connectivity index (χ0) is 13.4. The molecule has 3 heterocycles. The van der Waals surface area contributed by atoms with Crippen molar-refractivity contribution in [3.63, 3.8) is 0 Å². The van der Waals surface area contributed by atoms with Crippen LogP contribution in [-0.2, 0) is 0 Å². The Balaban J connectivity index is 1.71. The first-order valence-electron chi connectivity index (χ1n) is 5.95. The van der Waals surface area contributed by atoms with Crippen LogP contribution in [0.4, 0.5) is 0 Å². The van der Waals surface area contributed by atoms with E-state index in [2.05, 4.69) is 20.5 Å². The topological polar surface area (TPSA) is 64.9 Å². The minimum absolute atomic E-state index is 0.810. The van der Waals surface area contributed by atoms with Crippen molar-refractivity contribution in [1.29, 1.82) is 0 Å². The third-order valence-electron chi connectivity index (χ3n) is 2.86. The van der Waals surface area contributed by atoms with E-state index in [1.165, 1.54) is 17.7 Å². The summed E-state index contributed by atoms with van der Waals surface area (Å²) >= 11 is 1.51. The van der Waals surface area contributed by atoms with Gasteiger partial charge < -0.3 is 4.84 Å². The van der Waals surface area contributed by atoms with Gasteiger partial charge in [-0.1, -0.05) is 29.5 Å². The van der Waals surface area contributed by atoms with Crippen molar-refractivity contribution in [2.75, 3.05) is 0 Å². The predicted molar refractivity (Wildman–Crippen MR) is 75.1 cm³/mol. The fraction of sp³-hybridized carbons (Fsp3) is 0. The summed E-state index contributed by atoms with van der Waals surface area (Å²) in [5, 5.41) is 5.83. The van der Waals surface area contributed by atoms with Crippen LogP contribution in [0.2, 0.25) is 0 Å². The smallest absolute Gasteiger partial charge is 0.162 e. The van der Waals surface area contributed by atoms with Gasteiger partial charge in [-0.15, -0.1) is 0 Å². The second kappa shape index (κ2) is 4.46. The van der Waals surface area contributed by atoms with Gasteiger partial charge in [-0.05, 0) is 12.1 Å². The number of nitrogens with zero attached hydrogens (tertiary/aromatic N) is 4. The number of aromatic nitrogens is 4. The van der Waals surface area contributed by atoms with E-state index in [0.717, 1.165) is 27.0 Å². The maximum atomic E-state index is 5.50. The van der Waals surface area contributed by atoms with Gasteiger partial charge in [0.25, 0.3) is 0 Å². The lowest BCUT2D eigenvalue weighted by Gasteiger charge is -2.17. The summed E-state index contributed by atoms with van der Waals surface area (Å²) in [5.74, 6) is 0.810. The second-order valence-electron chi connectivity index (χ2n) is 4.14. The maximum Gasteiger partial charge on any atom is 0.162 e. The Kier molecular flexibility index (Phi) is 2.49. The molecular weight excluding hydrogens is 274 g/mol. The van der Waals surface area contributed by atoms with Gasteiger partial charge in [0, 0.05) is 5.56 Å². The molecule has 98 valence electrons. The van der Waals surface area contributed by atoms with Crippen LogP contribution < -0.4 is 10.3 Å². The summed E-state index contributed by atoms with van der Waals surface area (Å²) in [5.41, 5.74) is 4.77. The maximum absolute atomic E-state index is 5.50. The molecule has 0 saturated heterocycles. The molecule has 0 spiro atoms. The molecule has 1 aliphatic heterocycles. The first-order chi connectivity index (χ1) is 9.90. The van der Waals surface area contributed by atoms with Gasteiger partial charge in [-0.3, -0.25) is 0 Å². The molecule has 0 unspecified atom stereocenters. The van der Waals surface area contributed by atoms with Crippen molar-refractivity contribution < 1.29 is 4.84 Å². The average Bonchev–Trinajstić information content (AvgIpc) is 3.17. The molecule has 0 fully saturated rings. The van der Waals surface area contributed by atoms with Crippen LogP contribution in [0, 0.1) is 0 Å². The molecule has 1 aromatic carbocycles. The van der Waals surface area contributed by atoms with Crippen molar-refractivity contribution in [1.82, 2.24) is 25.2 Å². The van der Waals surface area contributed by atoms with Crippen molar-refractivity contribution in [2.24, 2.45) is 0 Å². The number of thiazole rings is 1. The number of para-hydroxylation sites is 1. The molecule has 1 N–H and O–H groups in total. The molecule has 0 radical (unpaired) electrons. The van der Waals surface area contributed by atoms with Crippen LogP contribution in [0.25, 0.3) is 16.8 Å². The number of nitrogens with one attached hydrogen (secondary N) is 1. The third kappa shape index (κ3) is 1.84. The van der Waals surface area contributed by atoms with Crippen LogP contribution >= 0.6 is 11.3 Å². The van der Waals surface area contributed by atoms with E-state index in [-0.39, 0.29) is 0 Å². The van der Waals surface area contributed by atoms with Gasteiger partial charge in [-0.25, -0.2) is 20.1 Å². The molecule has 0 saturated carbocycles. The minimum Gasteiger partial charge on any atom is -0.381 e. The Morgan fingerprint density at radius 1 is 1.25 bits per heavy atom. The Bertz CT molecular complexity index is 778. The SMILES string of the molecule is C1=C(c2ncc(-n3cncn3)s2)NOc2ccccc21. The Morgan fingerprint density at radius 2 is 2.20 bits per heavy atom. The van der Waals surface area contributed by atoms with E-state index in [4.69, 9.17) is 4.84 Å². The summed E-state index contributed by atoms with van der Waals surface area (Å²) < 4.78 is 1.68. The standard InChI is InChI=1S/C13H9N5OS/c1-2-4-11-9(3-1)5-10(17-19-11)13-15-6-12(20-13)18-8-14-7-16-18/h1-8,17H. The number of fused-ring (bicyclic) bond motifs is 1. The molecule has 0 amide bonds. The number of hydrogen-bond acceptors (Lipinski definition) is 6. The minimum atomic E-state index is 0.810. The highest BCUT2D eigenvalue weighted by Crippen LogP contribution is 2.29. The fourth-order valence-corrected chi connectivity index (χ4v) is 2.72. The van der Waals surface area contributed by atoms with Crippen molar-refractivity contribution in [3.8, 4) is 10.8 Å². The van der Waals surface area contributed by atoms with E-state index >= 15 is 0 Å². The molecule has 4 rings (SSSR count). The van der Waals surface area contributed by atoms with Crippen molar-refractivity contribution in [2.45, 2.75) is 0 Å². The normalized spacial score (nSPS) is 13.1. The quantitative estimate of drug-likeness (QED) is 0.780. The molecule has 2 aromatic heterocycles. The molecule has 7 heteroatoms. The van der Waals surface area contributed by atoms with Crippen LogP contribution in [-0.4, -0.2) is 19.7 Å². The third-order valence-corrected chi connectivity index (χ3v) is 3.88. The molecule has 6 nitrogen and oxygen atoms in total. The van der Waals surface area contributed by atoms with Crippen molar-refractivity contribution in [3.05, 3.63) is 53.7 Å². The van der Waals surface area contributed by atoms with Crippen LogP contribution in [0.3, 0.4) is 0 Å². The highest BCUT2D eigenvalue weighted by atomic mass is 32.1. The van der Waals surface area contributed by atoms with E-state index in [0.29, 0.717) is 0 Å². The number of hydroxylamine groups is 1. The van der Waals surface area contributed by atoms with Gasteiger partial charge in [0.2, 0.25) is 0 Å². The zero-order valence-corrected chi connectivity index (χ0v) is 11.0. The van der Waals surface area contributed by atoms with Gasteiger partial charge in [0.05, 0.1) is 6.20 Å². The lowest BCUT2D eigenvalue weighted by atomic mass is 10.1. The lowest BCUT2D eigenvalue weighted by Crippen LogP contribution is -2.20. The molecule has 3 aromatic rings. The Morgan fingerprint density at radius 3 is 3.10 bits per heavy atom. The molecule has 0 atom stereocenters. The first-order valence-corrected chi connectivity index (χ1v) is 6.76. The number of hydrogen-bond donors (Lipinski definition) is 1. The van der Waals surface area contributed by atoms with Crippen LogP contribution in [0.5, 0.6) is 5.75 Å². The van der Waals surface area contributed by atoms with Gasteiger partial charge in [0.15, 0.2) is 5.75 Å². The number of benzene rings is 1. The molecule has 20 heavy (non-hydrogen) atoms. The molecule has 0 aliphatic carbocycles. The van der Waals surface area contributed by atoms with E-state index in [1.54, 1.807) is 17.2 Å². The largest absolute Gasteiger partial charge is 0.381 e. The highest BCUT2D eigenvalue weighted by Gasteiger charge is 2.15. The molecule has 1 aliphatic rings.